The third-order valence-corrected chi connectivity index (χ3v) is 12.1. The van der Waals surface area contributed by atoms with Crippen LogP contribution in [-0.4, -0.2) is 6.61 Å². The molecule has 20 heavy (non-hydrogen) atoms. The van der Waals surface area contributed by atoms with E-state index in [9.17, 15) is 0 Å². The molecule has 0 aliphatic rings. The van der Waals surface area contributed by atoms with Crippen molar-refractivity contribution in [3.63, 3.8) is 0 Å². The van der Waals surface area contributed by atoms with Crippen LogP contribution in [-0.2, 0) is 16.3 Å². The van der Waals surface area contributed by atoms with E-state index in [1.807, 2.05) is 36.4 Å². The molecule has 0 heterocycles. The molecule has 0 radical (unpaired) electrons. The Morgan fingerprint density at radius 3 is 2.10 bits per heavy atom. The second kappa shape index (κ2) is 7.41. The Labute approximate surface area is 133 Å². The van der Waals surface area contributed by atoms with Gasteiger partial charge in [-0.05, 0) is 10.6 Å². The Kier molecular flexibility index (Phi) is 5.31. The minimum atomic E-state index is -2.37. The molecule has 1 unspecified atom stereocenters. The Bertz CT molecular complexity index is 644. The highest BCUT2D eigenvalue weighted by Crippen LogP contribution is 2.78. The van der Waals surface area contributed by atoms with Gasteiger partial charge in [-0.25, -0.2) is 0 Å². The van der Waals surface area contributed by atoms with Crippen LogP contribution in [0, 0.1) is 12.3 Å². The molecule has 0 amide bonds. The van der Waals surface area contributed by atoms with E-state index in [-0.39, 0.29) is 6.61 Å². The van der Waals surface area contributed by atoms with Crippen molar-refractivity contribution >= 4 is 47.4 Å². The van der Waals surface area contributed by atoms with Crippen LogP contribution in [0.5, 0.6) is 0 Å². The van der Waals surface area contributed by atoms with Crippen LogP contribution in [0.2, 0.25) is 0 Å². The maximum Gasteiger partial charge on any atom is 0.147 e. The summed E-state index contributed by atoms with van der Waals surface area (Å²) in [5, 5.41) is -0.0715. The fraction of sp³-hybridized carbons (Fsp3) is 0.0667. The highest BCUT2D eigenvalue weighted by molar-refractivity contribution is 8.85. The zero-order valence-corrected chi connectivity index (χ0v) is 14.1. The van der Waals surface area contributed by atoms with Crippen LogP contribution in [0.3, 0.4) is 0 Å². The Morgan fingerprint density at radius 1 is 1.15 bits per heavy atom. The smallest absolute Gasteiger partial charge is 0.147 e. The molecule has 0 aliphatic carbocycles. The van der Waals surface area contributed by atoms with Crippen molar-refractivity contribution in [2.45, 2.75) is 0 Å². The first kappa shape index (κ1) is 14.3. The van der Waals surface area contributed by atoms with E-state index in [4.69, 9.17) is 17.7 Å². The van der Waals surface area contributed by atoms with Gasteiger partial charge < -0.3 is 4.52 Å². The molecule has 2 aromatic rings. The van der Waals surface area contributed by atoms with Gasteiger partial charge >= 0.3 is 0 Å². The highest BCUT2D eigenvalue weighted by atomic mass is 33.1. The summed E-state index contributed by atoms with van der Waals surface area (Å²) in [6, 6.07) is 20.2. The zero-order valence-electron chi connectivity index (χ0n) is 11.6. The molecular weight excluding hydrogens is 322 g/mol. The normalized spacial score (nSPS) is 14.0. The second-order valence-corrected chi connectivity index (χ2v) is 15.5. The van der Waals surface area contributed by atoms with Gasteiger partial charge in [-0.2, -0.15) is 0 Å². The lowest BCUT2D eigenvalue weighted by molar-refractivity contribution is 0.428. The van der Waals surface area contributed by atoms with E-state index >= 15 is 0 Å². The quantitative estimate of drug-likeness (QED) is 0.503. The van der Waals surface area contributed by atoms with E-state index in [2.05, 4.69) is 48.8 Å². The lowest BCUT2D eigenvalue weighted by atomic mass is 10.4. The molecule has 0 spiro atoms. The summed E-state index contributed by atoms with van der Waals surface area (Å²) in [7, 11) is -0.872. The van der Waals surface area contributed by atoms with Crippen molar-refractivity contribution in [2.75, 3.05) is 6.61 Å². The van der Waals surface area contributed by atoms with Gasteiger partial charge in [-0.15, -0.1) is 18.6 Å². The molecule has 5 heteroatoms. The monoisotopic (exact) mass is 337 g/mol. The van der Waals surface area contributed by atoms with E-state index in [0.717, 1.165) is 10.6 Å². The molecule has 0 saturated heterocycles. The van der Waals surface area contributed by atoms with Crippen molar-refractivity contribution < 1.29 is 5.89 Å². The van der Waals surface area contributed by atoms with E-state index in [1.165, 1.54) is 0 Å². The first-order chi connectivity index (χ1) is 10.1. The van der Waals surface area contributed by atoms with Gasteiger partial charge in [0.15, 0.2) is 0 Å². The standard InChI is InChI=1S/C15H14OP2S2/c1-2-13-16-18(19,20)17(14-9-5-3-6-10-14)15-11-7-4-8-12-15/h1,3-12H,13H2,(H,19,20)/i1D. The Balaban J connectivity index is 2.41. The predicted octanol–water partition coefficient (Wildman–Crippen LogP) is 3.92. The van der Waals surface area contributed by atoms with Crippen molar-refractivity contribution in [3.05, 3.63) is 60.7 Å². The molecule has 0 aliphatic heterocycles. The summed E-state index contributed by atoms with van der Waals surface area (Å²) < 4.78 is 12.6. The van der Waals surface area contributed by atoms with Crippen LogP contribution in [0.4, 0.5) is 0 Å². The molecule has 2 rings (SSSR count). The fourth-order valence-corrected chi connectivity index (χ4v) is 10.9. The van der Waals surface area contributed by atoms with Gasteiger partial charge in [-0.1, -0.05) is 78.4 Å². The first-order valence-electron chi connectivity index (χ1n) is 6.43. The van der Waals surface area contributed by atoms with Gasteiger partial charge in [0.25, 0.3) is 0 Å². The lowest BCUT2D eigenvalue weighted by Crippen LogP contribution is -2.11. The molecule has 0 bridgehead atoms. The fourth-order valence-electron chi connectivity index (χ4n) is 1.75. The summed E-state index contributed by atoms with van der Waals surface area (Å²) >= 11 is 10.4. The largest absolute Gasteiger partial charge is 0.325 e. The molecule has 0 aromatic heterocycles. The molecule has 1 atom stereocenters. The maximum absolute atomic E-state index is 6.86. The number of terminal acetylenes is 1. The van der Waals surface area contributed by atoms with Gasteiger partial charge in [0.2, 0.25) is 0 Å². The molecule has 2 aromatic carbocycles. The van der Waals surface area contributed by atoms with E-state index in [0.29, 0.717) is 0 Å². The number of hydrogen-bond donors (Lipinski definition) is 1. The van der Waals surface area contributed by atoms with Crippen molar-refractivity contribution in [3.8, 4) is 12.3 Å². The van der Waals surface area contributed by atoms with Crippen molar-refractivity contribution in [2.24, 2.45) is 0 Å². The van der Waals surface area contributed by atoms with E-state index < -0.39 is 12.8 Å². The topological polar surface area (TPSA) is 9.23 Å². The van der Waals surface area contributed by atoms with Crippen LogP contribution >= 0.6 is 25.0 Å². The summed E-state index contributed by atoms with van der Waals surface area (Å²) in [5.41, 5.74) is 0. The molecule has 0 fully saturated rings. The van der Waals surface area contributed by atoms with Crippen molar-refractivity contribution in [1.82, 2.24) is 0 Å². The minimum Gasteiger partial charge on any atom is -0.325 e. The third-order valence-electron chi connectivity index (χ3n) is 2.56. The second-order valence-electron chi connectivity index (χ2n) is 3.92. The van der Waals surface area contributed by atoms with Crippen molar-refractivity contribution in [1.29, 1.82) is 0 Å². The SMILES string of the molecule is [2H]C#CCOP(=S)(S)P(c1ccccc1)c1ccccc1. The first-order valence-corrected chi connectivity index (χ1v) is 11.8. The van der Waals surface area contributed by atoms with Gasteiger partial charge in [-0.3, -0.25) is 0 Å². The van der Waals surface area contributed by atoms with Crippen LogP contribution in [0.1, 0.15) is 1.37 Å². The van der Waals surface area contributed by atoms with Crippen LogP contribution in [0.15, 0.2) is 60.7 Å². The van der Waals surface area contributed by atoms with Gasteiger partial charge in [0, 0.05) is 7.61 Å². The average Bonchev–Trinajstić information content (AvgIpc) is 2.49. The van der Waals surface area contributed by atoms with Crippen LogP contribution in [0.25, 0.3) is 0 Å². The third kappa shape index (κ3) is 3.95. The van der Waals surface area contributed by atoms with Gasteiger partial charge in [0.1, 0.15) is 13.1 Å². The number of thiol groups is 1. The summed E-state index contributed by atoms with van der Waals surface area (Å²) in [4.78, 5) is 0. The number of benzene rings is 2. The number of hydrogen-bond acceptors (Lipinski definition) is 2. The van der Waals surface area contributed by atoms with E-state index in [1.54, 1.807) is 0 Å². The molecule has 0 N–H and O–H groups in total. The molecule has 0 saturated carbocycles. The summed E-state index contributed by atoms with van der Waals surface area (Å²) in [5.74, 6) is 2.58. The van der Waals surface area contributed by atoms with Gasteiger partial charge in [0.05, 0.1) is 0 Å². The predicted molar refractivity (Wildman–Crippen MR) is 97.1 cm³/mol. The number of rotatable bonds is 5. The molecular formula is C15H14OP2S2. The highest BCUT2D eigenvalue weighted by Gasteiger charge is 2.28. The average molecular weight is 337 g/mol. The lowest BCUT2D eigenvalue weighted by Gasteiger charge is -2.27. The maximum atomic E-state index is 6.86. The Morgan fingerprint density at radius 2 is 1.65 bits per heavy atom. The Hall–Kier alpha value is -0.610. The summed E-state index contributed by atoms with van der Waals surface area (Å²) in [6.07, 6.45) is 2.08. The molecule has 1 nitrogen and oxygen atoms in total. The summed E-state index contributed by atoms with van der Waals surface area (Å²) in [6.45, 7) is 0.156. The zero-order chi connectivity index (χ0) is 15.1. The van der Waals surface area contributed by atoms with Crippen LogP contribution < -0.4 is 10.6 Å². The molecule has 102 valence electrons. The minimum absolute atomic E-state index is 0.156.